The van der Waals surface area contributed by atoms with E-state index in [9.17, 15) is 43.5 Å². The Balaban J connectivity index is 2.46. The summed E-state index contributed by atoms with van der Waals surface area (Å²) in [6.07, 6.45) is -5.12. The summed E-state index contributed by atoms with van der Waals surface area (Å²) in [6, 6.07) is 4.87. The standard InChI is InChI=1S/C19H9F8NO2S/c20-11-7-8(5-6-10(11)19(25,26)27)13-14(16(22)18(24)17(23)15(13)21)9-3-1-2-4-12(9)31(28,29)30/h1-7H,(H2,28,29,30). The number of nitrogens with two attached hydrogens (primary N) is 1. The van der Waals surface area contributed by atoms with Crippen LogP contribution < -0.4 is 5.14 Å². The minimum Gasteiger partial charge on any atom is -0.225 e. The molecule has 0 saturated carbocycles. The molecule has 3 aromatic rings. The second-order valence-corrected chi connectivity index (χ2v) is 7.77. The van der Waals surface area contributed by atoms with Gasteiger partial charge in [0.2, 0.25) is 10.0 Å². The van der Waals surface area contributed by atoms with Crippen molar-refractivity contribution in [1.29, 1.82) is 0 Å². The average Bonchev–Trinajstić information content (AvgIpc) is 2.67. The third-order valence-electron chi connectivity index (χ3n) is 4.29. The van der Waals surface area contributed by atoms with Gasteiger partial charge < -0.3 is 0 Å². The lowest BCUT2D eigenvalue weighted by molar-refractivity contribution is -0.139. The predicted molar refractivity (Wildman–Crippen MR) is 93.5 cm³/mol. The van der Waals surface area contributed by atoms with Gasteiger partial charge in [-0.1, -0.05) is 24.3 Å². The number of hydrogen-bond acceptors (Lipinski definition) is 2. The van der Waals surface area contributed by atoms with Crippen molar-refractivity contribution in [1.82, 2.24) is 0 Å². The Morgan fingerprint density at radius 2 is 1.29 bits per heavy atom. The molecule has 12 heteroatoms. The second kappa shape index (κ2) is 7.61. The highest BCUT2D eigenvalue weighted by molar-refractivity contribution is 7.89. The zero-order valence-electron chi connectivity index (χ0n) is 14.9. The van der Waals surface area contributed by atoms with E-state index >= 15 is 0 Å². The second-order valence-electron chi connectivity index (χ2n) is 6.24. The van der Waals surface area contributed by atoms with Crippen molar-refractivity contribution in [3.05, 3.63) is 77.1 Å². The lowest BCUT2D eigenvalue weighted by Gasteiger charge is -2.17. The number of rotatable bonds is 3. The maximum atomic E-state index is 14.7. The van der Waals surface area contributed by atoms with E-state index in [-0.39, 0.29) is 12.1 Å². The molecule has 0 aliphatic carbocycles. The molecule has 0 radical (unpaired) electrons. The highest BCUT2D eigenvalue weighted by Gasteiger charge is 2.35. The molecule has 0 bridgehead atoms. The first-order valence-corrected chi connectivity index (χ1v) is 9.65. The van der Waals surface area contributed by atoms with E-state index in [0.29, 0.717) is 6.07 Å². The van der Waals surface area contributed by atoms with Gasteiger partial charge in [0.1, 0.15) is 5.82 Å². The van der Waals surface area contributed by atoms with Gasteiger partial charge in [-0.05, 0) is 23.8 Å². The van der Waals surface area contributed by atoms with Gasteiger partial charge >= 0.3 is 6.18 Å². The molecule has 2 N–H and O–H groups in total. The first kappa shape index (κ1) is 22.7. The summed E-state index contributed by atoms with van der Waals surface area (Å²) < 4.78 is 133. The van der Waals surface area contributed by atoms with E-state index in [2.05, 4.69) is 0 Å². The van der Waals surface area contributed by atoms with Crippen LogP contribution in [0, 0.1) is 29.1 Å². The van der Waals surface area contributed by atoms with Crippen molar-refractivity contribution < 1.29 is 43.5 Å². The van der Waals surface area contributed by atoms with Gasteiger partial charge in [0, 0.05) is 16.7 Å². The Morgan fingerprint density at radius 1 is 0.742 bits per heavy atom. The number of benzene rings is 3. The Labute approximate surface area is 169 Å². The minimum atomic E-state index is -5.12. The number of sulfonamides is 1. The van der Waals surface area contributed by atoms with Gasteiger partial charge in [-0.3, -0.25) is 0 Å². The first-order chi connectivity index (χ1) is 14.2. The Morgan fingerprint density at radius 3 is 1.81 bits per heavy atom. The van der Waals surface area contributed by atoms with E-state index in [4.69, 9.17) is 5.14 Å². The molecule has 3 aromatic carbocycles. The molecule has 0 spiro atoms. The normalized spacial score (nSPS) is 12.3. The van der Waals surface area contributed by atoms with E-state index in [1.165, 1.54) is 0 Å². The molecule has 0 aliphatic rings. The molecule has 0 fully saturated rings. The molecule has 0 heterocycles. The molecule has 0 amide bonds. The van der Waals surface area contributed by atoms with Gasteiger partial charge in [-0.2, -0.15) is 13.2 Å². The topological polar surface area (TPSA) is 60.2 Å². The molecule has 0 aromatic heterocycles. The lowest BCUT2D eigenvalue weighted by atomic mass is 9.92. The summed E-state index contributed by atoms with van der Waals surface area (Å²) in [7, 11) is -4.60. The number of alkyl halides is 3. The molecule has 3 nitrogen and oxygen atoms in total. The molecule has 164 valence electrons. The first-order valence-electron chi connectivity index (χ1n) is 8.10. The fourth-order valence-corrected chi connectivity index (χ4v) is 3.72. The van der Waals surface area contributed by atoms with Crippen molar-refractivity contribution in [2.45, 2.75) is 11.1 Å². The summed E-state index contributed by atoms with van der Waals surface area (Å²) in [4.78, 5) is -0.812. The molecule has 0 saturated heterocycles. The molecular formula is C19H9F8NO2S. The maximum Gasteiger partial charge on any atom is 0.419 e. The van der Waals surface area contributed by atoms with Gasteiger partial charge in [-0.25, -0.2) is 35.5 Å². The summed E-state index contributed by atoms with van der Waals surface area (Å²) >= 11 is 0. The van der Waals surface area contributed by atoms with Gasteiger partial charge in [0.25, 0.3) is 0 Å². The van der Waals surface area contributed by atoms with E-state index in [0.717, 1.165) is 24.3 Å². The van der Waals surface area contributed by atoms with Gasteiger partial charge in [0.05, 0.1) is 10.5 Å². The molecular weight excluding hydrogens is 458 g/mol. The Hall–Kier alpha value is -2.99. The molecule has 3 rings (SSSR count). The number of primary sulfonamides is 1. The van der Waals surface area contributed by atoms with Crippen molar-refractivity contribution >= 4 is 10.0 Å². The van der Waals surface area contributed by atoms with Crippen LogP contribution in [0.15, 0.2) is 47.4 Å². The van der Waals surface area contributed by atoms with Crippen LogP contribution in [0.25, 0.3) is 22.3 Å². The lowest BCUT2D eigenvalue weighted by Crippen LogP contribution is -2.14. The minimum absolute atomic E-state index is 0.140. The molecule has 0 atom stereocenters. The van der Waals surface area contributed by atoms with E-state index < -0.39 is 78.0 Å². The number of hydrogen-bond donors (Lipinski definition) is 1. The quantitative estimate of drug-likeness (QED) is 0.319. The maximum absolute atomic E-state index is 14.7. The molecule has 0 unspecified atom stereocenters. The summed E-state index contributed by atoms with van der Waals surface area (Å²) in [6.45, 7) is 0. The highest BCUT2D eigenvalue weighted by atomic mass is 32.2. The highest BCUT2D eigenvalue weighted by Crippen LogP contribution is 2.42. The third kappa shape index (κ3) is 4.00. The van der Waals surface area contributed by atoms with Crippen LogP contribution in [0.5, 0.6) is 0 Å². The van der Waals surface area contributed by atoms with E-state index in [1.807, 2.05) is 0 Å². The van der Waals surface area contributed by atoms with Crippen LogP contribution in [0.1, 0.15) is 5.56 Å². The van der Waals surface area contributed by atoms with Crippen molar-refractivity contribution in [2.24, 2.45) is 5.14 Å². The smallest absolute Gasteiger partial charge is 0.225 e. The summed E-state index contributed by atoms with van der Waals surface area (Å²) in [5.41, 5.74) is -5.62. The van der Waals surface area contributed by atoms with Crippen LogP contribution >= 0.6 is 0 Å². The molecule has 31 heavy (non-hydrogen) atoms. The van der Waals surface area contributed by atoms with Crippen LogP contribution in [0.4, 0.5) is 35.1 Å². The molecule has 0 aliphatic heterocycles. The largest absolute Gasteiger partial charge is 0.419 e. The summed E-state index contributed by atoms with van der Waals surface area (Å²) in [5, 5.41) is 5.03. The fourth-order valence-electron chi connectivity index (χ4n) is 2.98. The fraction of sp³-hybridized carbons (Fsp3) is 0.0526. The van der Waals surface area contributed by atoms with Crippen LogP contribution in [-0.4, -0.2) is 8.42 Å². The summed E-state index contributed by atoms with van der Waals surface area (Å²) in [5.74, 6) is -10.7. The Kier molecular flexibility index (Phi) is 5.57. The third-order valence-corrected chi connectivity index (χ3v) is 5.26. The Bertz CT molecular complexity index is 1300. The van der Waals surface area contributed by atoms with Crippen LogP contribution in [-0.2, 0) is 16.2 Å². The average molecular weight is 467 g/mol. The van der Waals surface area contributed by atoms with E-state index in [1.54, 1.807) is 0 Å². The van der Waals surface area contributed by atoms with Crippen molar-refractivity contribution in [3.8, 4) is 22.3 Å². The monoisotopic (exact) mass is 467 g/mol. The van der Waals surface area contributed by atoms with Gasteiger partial charge in [0.15, 0.2) is 23.3 Å². The van der Waals surface area contributed by atoms with Crippen molar-refractivity contribution in [2.75, 3.05) is 0 Å². The van der Waals surface area contributed by atoms with Crippen LogP contribution in [0.2, 0.25) is 0 Å². The predicted octanol–water partition coefficient (Wildman–Crippen LogP) is 5.38. The van der Waals surface area contributed by atoms with Crippen molar-refractivity contribution in [3.63, 3.8) is 0 Å². The zero-order valence-corrected chi connectivity index (χ0v) is 15.7. The van der Waals surface area contributed by atoms with Crippen LogP contribution in [0.3, 0.4) is 0 Å². The van der Waals surface area contributed by atoms with Gasteiger partial charge in [-0.15, -0.1) is 0 Å². The SMILES string of the molecule is NS(=O)(=O)c1ccccc1-c1c(F)c(F)c(F)c(F)c1-c1ccc(C(F)(F)F)c(F)c1. The zero-order chi connectivity index (χ0) is 23.3. The number of halogens is 8.